The third-order valence-electron chi connectivity index (χ3n) is 3.38. The number of benzene rings is 1. The Morgan fingerprint density at radius 2 is 2.10 bits per heavy atom. The molecule has 1 atom stereocenters. The van der Waals surface area contributed by atoms with Crippen LogP contribution in [0, 0.1) is 13.8 Å². The van der Waals surface area contributed by atoms with Gasteiger partial charge >= 0.3 is 0 Å². The van der Waals surface area contributed by atoms with Crippen LogP contribution in [-0.4, -0.2) is 27.7 Å². The fourth-order valence-corrected chi connectivity index (χ4v) is 3.26. The lowest BCUT2D eigenvalue weighted by molar-refractivity contribution is -0.0117. The second kappa shape index (κ2) is 6.11. The lowest BCUT2D eigenvalue weighted by Crippen LogP contribution is -2.26. The first-order valence-electron chi connectivity index (χ1n) is 6.76. The van der Waals surface area contributed by atoms with Gasteiger partial charge in [-0.1, -0.05) is 6.07 Å². The van der Waals surface area contributed by atoms with E-state index in [1.165, 1.54) is 0 Å². The maximum absolute atomic E-state index is 11.7. The minimum Gasteiger partial charge on any atom is -0.489 e. The van der Waals surface area contributed by atoms with Gasteiger partial charge in [0.15, 0.2) is 0 Å². The van der Waals surface area contributed by atoms with Gasteiger partial charge in [0.1, 0.15) is 17.3 Å². The number of hydrogen-bond donors (Lipinski definition) is 1. The molecule has 1 heterocycles. The van der Waals surface area contributed by atoms with Crippen molar-refractivity contribution in [2.24, 2.45) is 5.14 Å². The number of primary sulfonamides is 1. The molecule has 0 amide bonds. The smallest absolute Gasteiger partial charge is 0.241 e. The minimum atomic E-state index is -3.80. The van der Waals surface area contributed by atoms with E-state index in [1.807, 2.05) is 19.9 Å². The summed E-state index contributed by atoms with van der Waals surface area (Å²) in [6.07, 6.45) is 3.15. The molecular weight excluding hydrogens is 278 g/mol. The first-order valence-corrected chi connectivity index (χ1v) is 8.31. The van der Waals surface area contributed by atoms with E-state index in [-0.39, 0.29) is 11.0 Å². The normalized spacial score (nSPS) is 19.9. The van der Waals surface area contributed by atoms with Crippen LogP contribution in [0.25, 0.3) is 0 Å². The Hall–Kier alpha value is -1.11. The quantitative estimate of drug-likeness (QED) is 0.921. The van der Waals surface area contributed by atoms with Crippen molar-refractivity contribution in [1.82, 2.24) is 0 Å². The van der Waals surface area contributed by atoms with E-state index in [2.05, 4.69) is 0 Å². The van der Waals surface area contributed by atoms with Crippen molar-refractivity contribution in [2.45, 2.75) is 44.1 Å². The molecule has 1 aliphatic rings. The first-order chi connectivity index (χ1) is 9.38. The lowest BCUT2D eigenvalue weighted by atomic mass is 10.1. The van der Waals surface area contributed by atoms with Gasteiger partial charge in [0, 0.05) is 6.61 Å². The number of rotatable bonds is 4. The third kappa shape index (κ3) is 3.71. The Bertz CT molecular complexity index is 577. The SMILES string of the molecule is Cc1cc(C)c(OCC2CCCCO2)c(S(N)(=O)=O)c1. The molecule has 112 valence electrons. The molecule has 5 nitrogen and oxygen atoms in total. The summed E-state index contributed by atoms with van der Waals surface area (Å²) in [6, 6.07) is 3.42. The van der Waals surface area contributed by atoms with Gasteiger partial charge in [-0.3, -0.25) is 0 Å². The number of ether oxygens (including phenoxy) is 2. The van der Waals surface area contributed by atoms with Crippen LogP contribution in [0.5, 0.6) is 5.75 Å². The topological polar surface area (TPSA) is 78.6 Å². The molecule has 2 N–H and O–H groups in total. The van der Waals surface area contributed by atoms with E-state index in [1.54, 1.807) is 6.07 Å². The highest BCUT2D eigenvalue weighted by Gasteiger charge is 2.20. The summed E-state index contributed by atoms with van der Waals surface area (Å²) in [7, 11) is -3.80. The molecule has 0 spiro atoms. The van der Waals surface area contributed by atoms with Crippen LogP contribution >= 0.6 is 0 Å². The van der Waals surface area contributed by atoms with Gasteiger partial charge < -0.3 is 9.47 Å². The van der Waals surface area contributed by atoms with Crippen LogP contribution in [-0.2, 0) is 14.8 Å². The van der Waals surface area contributed by atoms with Crippen LogP contribution in [0.4, 0.5) is 0 Å². The number of sulfonamides is 1. The summed E-state index contributed by atoms with van der Waals surface area (Å²) in [5.41, 5.74) is 1.61. The molecule has 0 saturated carbocycles. The zero-order chi connectivity index (χ0) is 14.8. The van der Waals surface area contributed by atoms with Crippen LogP contribution in [0.3, 0.4) is 0 Å². The zero-order valence-electron chi connectivity index (χ0n) is 11.9. The average Bonchev–Trinajstić information content (AvgIpc) is 2.37. The average molecular weight is 299 g/mol. The second-order valence-corrected chi connectivity index (χ2v) is 6.78. The Labute approximate surface area is 120 Å². The zero-order valence-corrected chi connectivity index (χ0v) is 12.7. The summed E-state index contributed by atoms with van der Waals surface area (Å²) in [4.78, 5) is 0.0470. The molecule has 6 heteroatoms. The third-order valence-corrected chi connectivity index (χ3v) is 4.30. The molecule has 2 rings (SSSR count). The number of aryl methyl sites for hydroxylation is 2. The molecule has 0 radical (unpaired) electrons. The fraction of sp³-hybridized carbons (Fsp3) is 0.571. The lowest BCUT2D eigenvalue weighted by Gasteiger charge is -2.23. The van der Waals surface area contributed by atoms with Crippen molar-refractivity contribution in [3.05, 3.63) is 23.3 Å². The minimum absolute atomic E-state index is 0.0257. The number of nitrogens with two attached hydrogens (primary N) is 1. The van der Waals surface area contributed by atoms with E-state index >= 15 is 0 Å². The molecule has 20 heavy (non-hydrogen) atoms. The van der Waals surface area contributed by atoms with Gasteiger partial charge in [0.25, 0.3) is 0 Å². The molecule has 1 fully saturated rings. The standard InChI is InChI=1S/C14H21NO4S/c1-10-7-11(2)14(13(8-10)20(15,16)17)19-9-12-5-3-4-6-18-12/h7-8,12H,3-6,9H2,1-2H3,(H2,15,16,17). The summed E-state index contributed by atoms with van der Waals surface area (Å²) >= 11 is 0. The van der Waals surface area contributed by atoms with E-state index < -0.39 is 10.0 Å². The van der Waals surface area contributed by atoms with Gasteiger partial charge in [-0.2, -0.15) is 0 Å². The molecule has 1 aliphatic heterocycles. The van der Waals surface area contributed by atoms with E-state index in [4.69, 9.17) is 14.6 Å². The first kappa shape index (κ1) is 15.3. The maximum Gasteiger partial charge on any atom is 0.241 e. The molecule has 0 aliphatic carbocycles. The molecule has 1 unspecified atom stereocenters. The Balaban J connectivity index is 2.21. The van der Waals surface area contributed by atoms with Gasteiger partial charge in [-0.05, 0) is 50.3 Å². The highest BCUT2D eigenvalue weighted by atomic mass is 32.2. The molecule has 0 aromatic heterocycles. The maximum atomic E-state index is 11.7. The summed E-state index contributed by atoms with van der Waals surface area (Å²) in [5.74, 6) is 0.340. The van der Waals surface area contributed by atoms with Crippen LogP contribution in [0.15, 0.2) is 17.0 Å². The van der Waals surface area contributed by atoms with Crippen molar-refractivity contribution >= 4 is 10.0 Å². The number of hydrogen-bond acceptors (Lipinski definition) is 4. The molecule has 0 bridgehead atoms. The Morgan fingerprint density at radius 1 is 1.35 bits per heavy atom. The predicted octanol–water partition coefficient (Wildman–Crippen LogP) is 1.90. The van der Waals surface area contributed by atoms with Crippen molar-refractivity contribution in [3.63, 3.8) is 0 Å². The monoisotopic (exact) mass is 299 g/mol. The predicted molar refractivity (Wildman–Crippen MR) is 76.4 cm³/mol. The molecular formula is C14H21NO4S. The highest BCUT2D eigenvalue weighted by Crippen LogP contribution is 2.29. The molecule has 1 aromatic rings. The second-order valence-electron chi connectivity index (χ2n) is 5.25. The molecule has 1 saturated heterocycles. The van der Waals surface area contributed by atoms with Gasteiger partial charge in [0.2, 0.25) is 10.0 Å². The van der Waals surface area contributed by atoms with Gasteiger partial charge in [-0.25, -0.2) is 13.6 Å². The van der Waals surface area contributed by atoms with Gasteiger partial charge in [0.05, 0.1) is 6.10 Å². The summed E-state index contributed by atoms with van der Waals surface area (Å²) < 4.78 is 34.6. The van der Waals surface area contributed by atoms with E-state index in [0.717, 1.165) is 37.0 Å². The highest BCUT2D eigenvalue weighted by molar-refractivity contribution is 7.89. The van der Waals surface area contributed by atoms with Crippen molar-refractivity contribution in [3.8, 4) is 5.75 Å². The van der Waals surface area contributed by atoms with Crippen LogP contribution < -0.4 is 9.88 Å². The van der Waals surface area contributed by atoms with Gasteiger partial charge in [-0.15, -0.1) is 0 Å². The van der Waals surface area contributed by atoms with Crippen molar-refractivity contribution in [2.75, 3.05) is 13.2 Å². The van der Waals surface area contributed by atoms with E-state index in [0.29, 0.717) is 12.4 Å². The van der Waals surface area contributed by atoms with E-state index in [9.17, 15) is 8.42 Å². The Kier molecular flexibility index (Phi) is 4.67. The molecule has 1 aromatic carbocycles. The van der Waals surface area contributed by atoms with Crippen molar-refractivity contribution in [1.29, 1.82) is 0 Å². The summed E-state index contributed by atoms with van der Waals surface area (Å²) in [5, 5.41) is 5.27. The van der Waals surface area contributed by atoms with Crippen molar-refractivity contribution < 1.29 is 17.9 Å². The summed E-state index contributed by atoms with van der Waals surface area (Å²) in [6.45, 7) is 4.74. The van der Waals surface area contributed by atoms with Crippen LogP contribution in [0.2, 0.25) is 0 Å². The largest absolute Gasteiger partial charge is 0.489 e. The fourth-order valence-electron chi connectivity index (χ4n) is 2.43. The van der Waals surface area contributed by atoms with Crippen LogP contribution in [0.1, 0.15) is 30.4 Å². The Morgan fingerprint density at radius 3 is 2.70 bits per heavy atom.